The topological polar surface area (TPSA) is 79.0 Å². The zero-order chi connectivity index (χ0) is 21.5. The highest BCUT2D eigenvalue weighted by atomic mass is 32.1. The smallest absolute Gasteiger partial charge is 0.348 e. The van der Waals surface area contributed by atoms with E-state index in [9.17, 15) is 14.4 Å². The Morgan fingerprint density at radius 3 is 2.40 bits per heavy atom. The number of carbonyl (C=O) groups is 3. The second kappa shape index (κ2) is 10.9. The molecular weight excluding hydrogens is 402 g/mol. The van der Waals surface area contributed by atoms with E-state index in [-0.39, 0.29) is 17.8 Å². The largest absolute Gasteiger partial charge is 0.462 e. The molecule has 0 saturated carbocycles. The summed E-state index contributed by atoms with van der Waals surface area (Å²) < 4.78 is 5.05. The van der Waals surface area contributed by atoms with Crippen molar-refractivity contribution in [1.29, 1.82) is 0 Å². The Labute approximate surface area is 182 Å². The molecule has 0 atom stereocenters. The molecule has 2 saturated heterocycles. The summed E-state index contributed by atoms with van der Waals surface area (Å²) in [6.45, 7) is 7.55. The Bertz CT molecular complexity index is 748. The predicted octanol–water partition coefficient (Wildman–Crippen LogP) is 3.29. The molecule has 2 fully saturated rings. The second-order valence-electron chi connectivity index (χ2n) is 8.18. The first-order chi connectivity index (χ1) is 14.5. The van der Waals surface area contributed by atoms with E-state index in [0.29, 0.717) is 28.9 Å². The van der Waals surface area contributed by atoms with Crippen molar-refractivity contribution in [3.8, 4) is 0 Å². The lowest BCUT2D eigenvalue weighted by Gasteiger charge is -2.33. The molecule has 2 aliphatic rings. The van der Waals surface area contributed by atoms with Gasteiger partial charge in [-0.15, -0.1) is 11.3 Å². The van der Waals surface area contributed by atoms with Crippen LogP contribution in [0.4, 0.5) is 5.00 Å². The number of amides is 2. The van der Waals surface area contributed by atoms with Crippen molar-refractivity contribution in [3.05, 3.63) is 16.5 Å². The molecule has 0 radical (unpaired) electrons. The molecule has 1 N–H and O–H groups in total. The fourth-order valence-corrected chi connectivity index (χ4v) is 5.19. The Balaban J connectivity index is 1.44. The van der Waals surface area contributed by atoms with E-state index in [4.69, 9.17) is 4.74 Å². The van der Waals surface area contributed by atoms with E-state index in [1.54, 1.807) is 13.0 Å². The van der Waals surface area contributed by atoms with Gasteiger partial charge in [-0.25, -0.2) is 4.79 Å². The van der Waals surface area contributed by atoms with E-state index >= 15 is 0 Å². The van der Waals surface area contributed by atoms with Crippen LogP contribution in [0, 0.1) is 12.8 Å². The van der Waals surface area contributed by atoms with Gasteiger partial charge in [-0.05, 0) is 64.3 Å². The van der Waals surface area contributed by atoms with Gasteiger partial charge < -0.3 is 15.0 Å². The summed E-state index contributed by atoms with van der Waals surface area (Å²) in [7, 11) is 0. The number of nitrogens with one attached hydrogen (secondary N) is 1. The molecule has 3 heterocycles. The van der Waals surface area contributed by atoms with Gasteiger partial charge >= 0.3 is 5.97 Å². The first kappa shape index (κ1) is 22.7. The molecular formula is C22H33N3O4S. The van der Waals surface area contributed by atoms with Crippen molar-refractivity contribution in [2.45, 2.75) is 52.4 Å². The molecule has 1 aromatic rings. The lowest BCUT2D eigenvalue weighted by Crippen LogP contribution is -2.44. The maximum atomic E-state index is 12.8. The third-order valence-corrected chi connectivity index (χ3v) is 7.00. The van der Waals surface area contributed by atoms with Crippen molar-refractivity contribution in [3.63, 3.8) is 0 Å². The SMILES string of the molecule is CCOC(=O)c1sc(NC(=O)CN2CCC(C(=O)N3CCCCCC3)CC2)cc1C. The van der Waals surface area contributed by atoms with Gasteiger partial charge in [-0.2, -0.15) is 0 Å². The van der Waals surface area contributed by atoms with E-state index in [0.717, 1.165) is 57.4 Å². The Morgan fingerprint density at radius 2 is 1.77 bits per heavy atom. The number of likely N-dealkylation sites (tertiary alicyclic amines) is 2. The average molecular weight is 436 g/mol. The third kappa shape index (κ3) is 6.04. The number of ether oxygens (including phenoxy) is 1. The van der Waals surface area contributed by atoms with Gasteiger partial charge in [-0.1, -0.05) is 12.8 Å². The first-order valence-electron chi connectivity index (χ1n) is 11.1. The van der Waals surface area contributed by atoms with Crippen LogP contribution in [-0.4, -0.2) is 66.9 Å². The Morgan fingerprint density at radius 1 is 1.10 bits per heavy atom. The van der Waals surface area contributed by atoms with Crippen LogP contribution in [0.1, 0.15) is 60.7 Å². The van der Waals surface area contributed by atoms with Gasteiger partial charge in [0.05, 0.1) is 18.2 Å². The van der Waals surface area contributed by atoms with Crippen LogP contribution >= 0.6 is 11.3 Å². The Kier molecular flexibility index (Phi) is 8.27. The van der Waals surface area contributed by atoms with Gasteiger partial charge in [0.1, 0.15) is 4.88 Å². The number of piperidine rings is 1. The van der Waals surface area contributed by atoms with Crippen molar-refractivity contribution in [2.75, 3.05) is 44.6 Å². The van der Waals surface area contributed by atoms with Crippen molar-refractivity contribution in [2.24, 2.45) is 5.92 Å². The summed E-state index contributed by atoms with van der Waals surface area (Å²) >= 11 is 1.24. The molecule has 0 aromatic carbocycles. The van der Waals surface area contributed by atoms with Crippen molar-refractivity contribution in [1.82, 2.24) is 9.80 Å². The van der Waals surface area contributed by atoms with Gasteiger partial charge in [-0.3, -0.25) is 14.5 Å². The molecule has 0 unspecified atom stereocenters. The Hall–Kier alpha value is -1.93. The summed E-state index contributed by atoms with van der Waals surface area (Å²) in [6, 6.07) is 1.81. The maximum Gasteiger partial charge on any atom is 0.348 e. The second-order valence-corrected chi connectivity index (χ2v) is 9.23. The number of aryl methyl sites for hydroxylation is 1. The van der Waals surface area contributed by atoms with Gasteiger partial charge in [0.15, 0.2) is 0 Å². The average Bonchev–Trinajstić information content (AvgIpc) is 2.92. The summed E-state index contributed by atoms with van der Waals surface area (Å²) in [4.78, 5) is 41.9. The fraction of sp³-hybridized carbons (Fsp3) is 0.682. The summed E-state index contributed by atoms with van der Waals surface area (Å²) in [5.74, 6) is -0.0448. The minimum atomic E-state index is -0.350. The molecule has 2 amide bonds. The number of hydrogen-bond acceptors (Lipinski definition) is 6. The summed E-state index contributed by atoms with van der Waals surface area (Å²) in [5.41, 5.74) is 0.807. The van der Waals surface area contributed by atoms with E-state index in [1.807, 2.05) is 6.92 Å². The van der Waals surface area contributed by atoms with Crippen LogP contribution in [0.15, 0.2) is 6.07 Å². The normalized spacial score (nSPS) is 18.7. The maximum absolute atomic E-state index is 12.8. The monoisotopic (exact) mass is 435 g/mol. The number of nitrogens with zero attached hydrogens (tertiary/aromatic N) is 2. The summed E-state index contributed by atoms with van der Waals surface area (Å²) in [5, 5.41) is 3.55. The molecule has 0 spiro atoms. The number of anilines is 1. The quantitative estimate of drug-likeness (QED) is 0.694. The van der Waals surface area contributed by atoms with Gasteiger partial charge in [0.25, 0.3) is 0 Å². The molecule has 3 rings (SSSR count). The molecule has 2 aliphatic heterocycles. The lowest BCUT2D eigenvalue weighted by molar-refractivity contribution is -0.137. The molecule has 7 nitrogen and oxygen atoms in total. The van der Waals surface area contributed by atoms with Gasteiger partial charge in [0.2, 0.25) is 11.8 Å². The van der Waals surface area contributed by atoms with Crippen LogP contribution in [0.3, 0.4) is 0 Å². The number of hydrogen-bond donors (Lipinski definition) is 1. The third-order valence-electron chi connectivity index (χ3n) is 5.86. The predicted molar refractivity (Wildman–Crippen MR) is 118 cm³/mol. The van der Waals surface area contributed by atoms with Crippen LogP contribution in [0.5, 0.6) is 0 Å². The van der Waals surface area contributed by atoms with E-state index in [2.05, 4.69) is 15.1 Å². The summed E-state index contributed by atoms with van der Waals surface area (Å²) in [6.07, 6.45) is 6.31. The van der Waals surface area contributed by atoms with Crippen LogP contribution < -0.4 is 5.32 Å². The van der Waals surface area contributed by atoms with E-state index in [1.165, 1.54) is 24.2 Å². The number of rotatable bonds is 6. The lowest BCUT2D eigenvalue weighted by atomic mass is 9.95. The fourth-order valence-electron chi connectivity index (χ4n) is 4.21. The van der Waals surface area contributed by atoms with Crippen LogP contribution in [0.25, 0.3) is 0 Å². The molecule has 1 aromatic heterocycles. The number of carbonyl (C=O) groups excluding carboxylic acids is 3. The zero-order valence-corrected chi connectivity index (χ0v) is 18.9. The first-order valence-corrected chi connectivity index (χ1v) is 11.9. The molecule has 8 heteroatoms. The van der Waals surface area contributed by atoms with Crippen molar-refractivity contribution < 1.29 is 19.1 Å². The number of thiophene rings is 1. The van der Waals surface area contributed by atoms with Crippen LogP contribution in [-0.2, 0) is 14.3 Å². The highest BCUT2D eigenvalue weighted by Crippen LogP contribution is 2.27. The minimum Gasteiger partial charge on any atom is -0.462 e. The van der Waals surface area contributed by atoms with Gasteiger partial charge in [0, 0.05) is 19.0 Å². The molecule has 166 valence electrons. The standard InChI is InChI=1S/C22H33N3O4S/c1-3-29-22(28)20-16(2)14-19(30-20)23-18(26)15-24-12-8-17(9-13-24)21(27)25-10-6-4-5-7-11-25/h14,17H,3-13,15H2,1-2H3,(H,23,26). The molecule has 30 heavy (non-hydrogen) atoms. The minimum absolute atomic E-state index is 0.0921. The van der Waals surface area contributed by atoms with E-state index < -0.39 is 0 Å². The highest BCUT2D eigenvalue weighted by molar-refractivity contribution is 7.18. The molecule has 0 bridgehead atoms. The molecule has 0 aliphatic carbocycles. The van der Waals surface area contributed by atoms with Crippen molar-refractivity contribution >= 4 is 34.1 Å². The highest BCUT2D eigenvalue weighted by Gasteiger charge is 2.29. The number of esters is 1. The van der Waals surface area contributed by atoms with Crippen LogP contribution in [0.2, 0.25) is 0 Å². The zero-order valence-electron chi connectivity index (χ0n) is 18.1.